The van der Waals surface area contributed by atoms with E-state index in [4.69, 9.17) is 0 Å². The van der Waals surface area contributed by atoms with Gasteiger partial charge in [0.1, 0.15) is 0 Å². The summed E-state index contributed by atoms with van der Waals surface area (Å²) in [4.78, 5) is 1.62. The van der Waals surface area contributed by atoms with Crippen LogP contribution < -0.4 is 0 Å². The number of β-amino-alcohol motifs (C(OH)–C–C–N with tert-alkyl or cyclic N) is 1. The van der Waals surface area contributed by atoms with Crippen molar-refractivity contribution in [2.75, 3.05) is 19.6 Å². The predicted octanol–water partition coefficient (Wildman–Crippen LogP) is 1.40. The van der Waals surface area contributed by atoms with Crippen molar-refractivity contribution < 1.29 is 18.3 Å². The van der Waals surface area contributed by atoms with Gasteiger partial charge in [-0.3, -0.25) is 4.90 Å². The minimum atomic E-state index is -4.08. The van der Waals surface area contributed by atoms with Crippen LogP contribution in [0.3, 0.4) is 0 Å². The molecule has 13 heavy (non-hydrogen) atoms. The van der Waals surface area contributed by atoms with E-state index in [1.165, 1.54) is 0 Å². The Bertz CT molecular complexity index is 175. The van der Waals surface area contributed by atoms with Gasteiger partial charge in [0, 0.05) is 19.6 Å². The van der Waals surface area contributed by atoms with Crippen LogP contribution in [0.2, 0.25) is 0 Å². The van der Waals surface area contributed by atoms with Crippen molar-refractivity contribution >= 4 is 0 Å². The summed E-state index contributed by atoms with van der Waals surface area (Å²) in [6, 6.07) is 0. The Hall–Kier alpha value is -0.290. The van der Waals surface area contributed by atoms with Gasteiger partial charge in [-0.1, -0.05) is 6.92 Å². The Kier molecular flexibility index (Phi) is 2.87. The average Bonchev–Trinajstić information content (AvgIpc) is 1.94. The Morgan fingerprint density at radius 3 is 2.31 bits per heavy atom. The van der Waals surface area contributed by atoms with E-state index in [0.29, 0.717) is 19.5 Å². The lowest BCUT2D eigenvalue weighted by molar-refractivity contribution is -0.154. The fraction of sp³-hybridized carbons (Fsp3) is 1.00. The molecule has 0 aliphatic carbocycles. The van der Waals surface area contributed by atoms with E-state index < -0.39 is 18.2 Å². The molecule has 5 heteroatoms. The lowest BCUT2D eigenvalue weighted by atomic mass is 9.91. The zero-order chi connectivity index (χ0) is 10.1. The molecular weight excluding hydrogens is 183 g/mol. The number of alkyl halides is 3. The van der Waals surface area contributed by atoms with Crippen molar-refractivity contribution in [3.8, 4) is 0 Å². The molecule has 0 aromatic rings. The van der Waals surface area contributed by atoms with E-state index in [2.05, 4.69) is 0 Å². The molecule has 0 aromatic carbocycles. The van der Waals surface area contributed by atoms with Crippen molar-refractivity contribution in [1.82, 2.24) is 4.90 Å². The summed E-state index contributed by atoms with van der Waals surface area (Å²) in [7, 11) is 0. The first-order valence-corrected chi connectivity index (χ1v) is 4.36. The maximum Gasteiger partial charge on any atom is 0.390 e. The number of hydrogen-bond donors (Lipinski definition) is 1. The molecule has 1 aliphatic rings. The van der Waals surface area contributed by atoms with E-state index in [1.54, 1.807) is 4.90 Å². The van der Waals surface area contributed by atoms with Crippen LogP contribution in [0.1, 0.15) is 19.8 Å². The number of aliphatic hydroxyl groups is 1. The first-order valence-electron chi connectivity index (χ1n) is 4.36. The molecular formula is C8H14F3NO. The van der Waals surface area contributed by atoms with Crippen LogP contribution in [0.4, 0.5) is 13.2 Å². The number of rotatable bonds is 3. The second kappa shape index (κ2) is 3.46. The largest absolute Gasteiger partial charge is 0.390 e. The molecule has 2 nitrogen and oxygen atoms in total. The molecule has 1 aliphatic heterocycles. The van der Waals surface area contributed by atoms with E-state index in [-0.39, 0.29) is 6.54 Å². The van der Waals surface area contributed by atoms with Crippen LogP contribution in [-0.4, -0.2) is 41.4 Å². The van der Waals surface area contributed by atoms with Crippen LogP contribution in [0, 0.1) is 0 Å². The summed E-state index contributed by atoms with van der Waals surface area (Å²) in [5, 5.41) is 9.50. The molecule has 0 atom stereocenters. The van der Waals surface area contributed by atoms with Crippen LogP contribution in [0.25, 0.3) is 0 Å². The maximum atomic E-state index is 11.8. The van der Waals surface area contributed by atoms with E-state index in [9.17, 15) is 18.3 Å². The van der Waals surface area contributed by atoms with Crippen LogP contribution in [0.15, 0.2) is 0 Å². The van der Waals surface area contributed by atoms with Crippen molar-refractivity contribution in [1.29, 1.82) is 0 Å². The van der Waals surface area contributed by atoms with Gasteiger partial charge in [-0.25, -0.2) is 0 Å². The highest BCUT2D eigenvalue weighted by Gasteiger charge is 2.40. The van der Waals surface area contributed by atoms with Gasteiger partial charge in [-0.2, -0.15) is 13.2 Å². The summed E-state index contributed by atoms with van der Waals surface area (Å²) >= 11 is 0. The van der Waals surface area contributed by atoms with Gasteiger partial charge in [0.15, 0.2) is 0 Å². The van der Waals surface area contributed by atoms with Gasteiger partial charge in [0.05, 0.1) is 12.0 Å². The molecule has 0 radical (unpaired) electrons. The standard InChI is InChI=1S/C8H14F3NO/c1-2-7(13)5-12(6-7)4-3-8(9,10)11/h13H,2-6H2,1H3. The van der Waals surface area contributed by atoms with Gasteiger partial charge < -0.3 is 5.11 Å². The molecule has 0 aromatic heterocycles. The maximum absolute atomic E-state index is 11.8. The molecule has 1 fully saturated rings. The van der Waals surface area contributed by atoms with Gasteiger partial charge >= 0.3 is 6.18 Å². The second-order valence-electron chi connectivity index (χ2n) is 3.65. The van der Waals surface area contributed by atoms with Gasteiger partial charge in [0.2, 0.25) is 0 Å². The fourth-order valence-corrected chi connectivity index (χ4v) is 1.45. The molecule has 78 valence electrons. The number of hydrogen-bond acceptors (Lipinski definition) is 2. The topological polar surface area (TPSA) is 23.5 Å². The van der Waals surface area contributed by atoms with Crippen molar-refractivity contribution in [2.24, 2.45) is 0 Å². The zero-order valence-corrected chi connectivity index (χ0v) is 7.56. The summed E-state index contributed by atoms with van der Waals surface area (Å²) < 4.78 is 35.3. The van der Waals surface area contributed by atoms with Crippen molar-refractivity contribution in [3.63, 3.8) is 0 Å². The zero-order valence-electron chi connectivity index (χ0n) is 7.56. The first kappa shape index (κ1) is 10.8. The van der Waals surface area contributed by atoms with Crippen molar-refractivity contribution in [3.05, 3.63) is 0 Å². The van der Waals surface area contributed by atoms with Crippen molar-refractivity contribution in [2.45, 2.75) is 31.5 Å². The highest BCUT2D eigenvalue weighted by Crippen LogP contribution is 2.26. The monoisotopic (exact) mass is 197 g/mol. The lowest BCUT2D eigenvalue weighted by Gasteiger charge is -2.46. The summed E-state index contributed by atoms with van der Waals surface area (Å²) in [5.41, 5.74) is -0.731. The highest BCUT2D eigenvalue weighted by molar-refractivity contribution is 4.94. The predicted molar refractivity (Wildman–Crippen MR) is 42.4 cm³/mol. The Labute approximate surface area is 75.3 Å². The summed E-state index contributed by atoms with van der Waals surface area (Å²) in [5.74, 6) is 0. The second-order valence-corrected chi connectivity index (χ2v) is 3.65. The summed E-state index contributed by atoms with van der Waals surface area (Å²) in [6.07, 6.45) is -4.26. The molecule has 0 saturated carbocycles. The third kappa shape index (κ3) is 3.15. The van der Waals surface area contributed by atoms with E-state index >= 15 is 0 Å². The minimum Gasteiger partial charge on any atom is -0.387 e. The molecule has 1 rings (SSSR count). The molecule has 0 unspecified atom stereocenters. The third-order valence-electron chi connectivity index (χ3n) is 2.41. The van der Waals surface area contributed by atoms with Gasteiger partial charge in [-0.15, -0.1) is 0 Å². The molecule has 1 saturated heterocycles. The Morgan fingerprint density at radius 2 is 1.92 bits per heavy atom. The number of halogens is 3. The quantitative estimate of drug-likeness (QED) is 0.739. The van der Waals surface area contributed by atoms with Crippen LogP contribution >= 0.6 is 0 Å². The highest BCUT2D eigenvalue weighted by atomic mass is 19.4. The smallest absolute Gasteiger partial charge is 0.387 e. The van der Waals surface area contributed by atoms with Gasteiger partial charge in [0.25, 0.3) is 0 Å². The van der Waals surface area contributed by atoms with Crippen LogP contribution in [-0.2, 0) is 0 Å². The fourth-order valence-electron chi connectivity index (χ4n) is 1.45. The molecule has 0 amide bonds. The first-order chi connectivity index (χ1) is 5.85. The molecule has 1 heterocycles. The van der Waals surface area contributed by atoms with Crippen LogP contribution in [0.5, 0.6) is 0 Å². The Morgan fingerprint density at radius 1 is 1.38 bits per heavy atom. The van der Waals surface area contributed by atoms with Gasteiger partial charge in [-0.05, 0) is 6.42 Å². The molecule has 0 bridgehead atoms. The normalized spacial score (nSPS) is 22.8. The van der Waals surface area contributed by atoms with E-state index in [1.807, 2.05) is 6.92 Å². The summed E-state index contributed by atoms with van der Waals surface area (Å²) in [6.45, 7) is 2.59. The number of nitrogens with zero attached hydrogens (tertiary/aromatic N) is 1. The average molecular weight is 197 g/mol. The lowest BCUT2D eigenvalue weighted by Crippen LogP contribution is -2.61. The SMILES string of the molecule is CCC1(O)CN(CCC(F)(F)F)C1. The molecule has 0 spiro atoms. The van der Waals surface area contributed by atoms with E-state index in [0.717, 1.165) is 0 Å². The minimum absolute atomic E-state index is 0.00576. The molecule has 1 N–H and O–H groups in total. The third-order valence-corrected chi connectivity index (χ3v) is 2.41. The number of likely N-dealkylation sites (tertiary alicyclic amines) is 1. The Balaban J connectivity index is 2.15.